The number of nitrogens with zero attached hydrogens (tertiary/aromatic N) is 1. The lowest BCUT2D eigenvalue weighted by atomic mass is 10.2. The molecule has 0 aliphatic rings. The number of carbonyl (C=O) groups excluding carboxylic acids is 1. The van der Waals surface area contributed by atoms with E-state index in [1.54, 1.807) is 6.26 Å². The van der Waals surface area contributed by atoms with Gasteiger partial charge in [-0.05, 0) is 6.26 Å². The summed E-state index contributed by atoms with van der Waals surface area (Å²) >= 11 is 1.51. The topological polar surface area (TPSA) is 91.2 Å². The molecule has 0 aromatic carbocycles. The molecule has 0 unspecified atom stereocenters. The average Bonchev–Trinajstić information content (AvgIpc) is 2.72. The molecular formula is C10H8F3N3O2S3. The summed E-state index contributed by atoms with van der Waals surface area (Å²) in [7, 11) is 0. The van der Waals surface area contributed by atoms with Crippen molar-refractivity contribution in [1.82, 2.24) is 4.98 Å². The fourth-order valence-corrected chi connectivity index (χ4v) is 3.46. The highest BCUT2D eigenvalue weighted by molar-refractivity contribution is 7.98. The lowest BCUT2D eigenvalue weighted by molar-refractivity contribution is -0.0370. The average molecular weight is 355 g/mol. The number of thiophene rings is 1. The molecule has 0 fully saturated rings. The minimum absolute atomic E-state index is 0.119. The van der Waals surface area contributed by atoms with E-state index in [0.717, 1.165) is 11.3 Å². The summed E-state index contributed by atoms with van der Waals surface area (Å²) < 4.78 is 41.0. The number of nitrogens with two attached hydrogens (primary N) is 2. The van der Waals surface area contributed by atoms with Gasteiger partial charge < -0.3 is 15.7 Å². The Bertz CT molecular complexity index is 702. The number of thioether (sulfide) groups is 1. The Kier molecular flexibility index (Phi) is 4.44. The van der Waals surface area contributed by atoms with Crippen LogP contribution in [0.3, 0.4) is 0 Å². The summed E-state index contributed by atoms with van der Waals surface area (Å²) in [6.07, 6.45) is 1.72. The first-order valence-electron chi connectivity index (χ1n) is 5.22. The van der Waals surface area contributed by atoms with Gasteiger partial charge in [-0.1, -0.05) is 0 Å². The first-order chi connectivity index (χ1) is 9.73. The third-order valence-electron chi connectivity index (χ3n) is 2.30. The molecule has 0 radical (unpaired) electrons. The number of halogens is 3. The van der Waals surface area contributed by atoms with Crippen LogP contribution in [0.15, 0.2) is 11.0 Å². The molecule has 0 spiro atoms. The summed E-state index contributed by atoms with van der Waals surface area (Å²) in [4.78, 5) is 16.2. The van der Waals surface area contributed by atoms with Gasteiger partial charge in [0.2, 0.25) is 5.88 Å². The zero-order chi connectivity index (χ0) is 15.8. The van der Waals surface area contributed by atoms with E-state index in [1.807, 2.05) is 0 Å². The second-order valence-electron chi connectivity index (χ2n) is 3.66. The van der Waals surface area contributed by atoms with Crippen molar-refractivity contribution in [2.45, 2.75) is 10.4 Å². The standard InChI is InChI=1S/C10H8F3N3O2S3/c1-19-3-2-4(18-21-10(11,12)13)16-9-5(3)6(14)7(20-9)8(15)17/h2H,14H2,1H3,(H2,15,17). The molecule has 11 heteroatoms. The van der Waals surface area contributed by atoms with Crippen LogP contribution < -0.4 is 15.7 Å². The Balaban J connectivity index is 2.50. The van der Waals surface area contributed by atoms with Crippen LogP contribution in [0.4, 0.5) is 18.9 Å². The van der Waals surface area contributed by atoms with Gasteiger partial charge in [-0.3, -0.25) is 4.79 Å². The fraction of sp³-hybridized carbons (Fsp3) is 0.200. The Hall–Kier alpha value is -1.33. The van der Waals surface area contributed by atoms with Gasteiger partial charge in [-0.25, -0.2) is 4.98 Å². The Morgan fingerprint density at radius 1 is 1.48 bits per heavy atom. The maximum atomic E-state index is 12.1. The maximum Gasteiger partial charge on any atom is 0.479 e. The predicted molar refractivity (Wildman–Crippen MR) is 78.6 cm³/mol. The highest BCUT2D eigenvalue weighted by atomic mass is 32.2. The van der Waals surface area contributed by atoms with Gasteiger partial charge in [-0.15, -0.1) is 23.1 Å². The van der Waals surface area contributed by atoms with Crippen LogP contribution in [0, 0.1) is 0 Å². The minimum Gasteiger partial charge on any atom is -0.397 e. The lowest BCUT2D eigenvalue weighted by Crippen LogP contribution is -2.10. The minimum atomic E-state index is -4.54. The molecule has 5 nitrogen and oxygen atoms in total. The summed E-state index contributed by atoms with van der Waals surface area (Å²) in [5.74, 6) is -0.930. The number of fused-ring (bicyclic) bond motifs is 1. The molecule has 0 atom stereocenters. The van der Waals surface area contributed by atoms with Crippen LogP contribution in [0.2, 0.25) is 0 Å². The number of anilines is 1. The molecule has 21 heavy (non-hydrogen) atoms. The highest BCUT2D eigenvalue weighted by Gasteiger charge is 2.32. The molecule has 0 aliphatic heterocycles. The lowest BCUT2D eigenvalue weighted by Gasteiger charge is -2.07. The van der Waals surface area contributed by atoms with Gasteiger partial charge in [-0.2, -0.15) is 13.2 Å². The number of hydrogen-bond acceptors (Lipinski definition) is 7. The molecule has 2 rings (SSSR count). The molecule has 0 saturated carbocycles. The Morgan fingerprint density at radius 3 is 2.67 bits per heavy atom. The molecule has 2 aromatic heterocycles. The van der Waals surface area contributed by atoms with Gasteiger partial charge >= 0.3 is 5.51 Å². The zero-order valence-electron chi connectivity index (χ0n) is 10.4. The van der Waals surface area contributed by atoms with E-state index in [9.17, 15) is 18.0 Å². The SMILES string of the molecule is CSc1cc(OSC(F)(F)F)nc2sc(C(N)=O)c(N)c12. The molecule has 4 N–H and O–H groups in total. The number of pyridine rings is 1. The molecule has 1 amide bonds. The van der Waals surface area contributed by atoms with Crippen molar-refractivity contribution in [3.05, 3.63) is 10.9 Å². The summed E-state index contributed by atoms with van der Waals surface area (Å²) in [6, 6.07) is 1.33. The van der Waals surface area contributed by atoms with Crippen LogP contribution in [-0.4, -0.2) is 22.7 Å². The van der Waals surface area contributed by atoms with Crippen LogP contribution in [0.5, 0.6) is 5.88 Å². The third kappa shape index (κ3) is 3.47. The molecular weight excluding hydrogens is 347 g/mol. The number of aromatic nitrogens is 1. The number of hydrogen-bond donors (Lipinski definition) is 2. The van der Waals surface area contributed by atoms with E-state index >= 15 is 0 Å². The van der Waals surface area contributed by atoms with Crippen LogP contribution >= 0.6 is 35.1 Å². The van der Waals surface area contributed by atoms with Crippen LogP contribution in [0.1, 0.15) is 9.67 Å². The number of rotatable bonds is 4. The van der Waals surface area contributed by atoms with Crippen molar-refractivity contribution >= 4 is 57.0 Å². The predicted octanol–water partition coefficient (Wildman–Crippen LogP) is 3.25. The smallest absolute Gasteiger partial charge is 0.397 e. The van der Waals surface area contributed by atoms with Gasteiger partial charge in [0.25, 0.3) is 5.91 Å². The van der Waals surface area contributed by atoms with Crippen molar-refractivity contribution in [3.63, 3.8) is 0 Å². The van der Waals surface area contributed by atoms with Gasteiger partial charge in [0.15, 0.2) is 12.0 Å². The van der Waals surface area contributed by atoms with Gasteiger partial charge in [0.1, 0.15) is 9.71 Å². The van der Waals surface area contributed by atoms with Crippen molar-refractivity contribution < 1.29 is 22.1 Å². The van der Waals surface area contributed by atoms with E-state index in [4.69, 9.17) is 11.5 Å². The number of nitrogen functional groups attached to an aromatic ring is 1. The van der Waals surface area contributed by atoms with E-state index in [2.05, 4.69) is 9.17 Å². The monoisotopic (exact) mass is 355 g/mol. The molecule has 0 aliphatic carbocycles. The van der Waals surface area contributed by atoms with Crippen molar-refractivity contribution in [2.24, 2.45) is 5.73 Å². The molecule has 0 saturated heterocycles. The quantitative estimate of drug-likeness (QED) is 0.646. The van der Waals surface area contributed by atoms with E-state index in [0.29, 0.717) is 15.1 Å². The van der Waals surface area contributed by atoms with Crippen LogP contribution in [-0.2, 0) is 0 Å². The maximum absolute atomic E-state index is 12.1. The molecule has 114 valence electrons. The Labute approximate surface area is 129 Å². The Morgan fingerprint density at radius 2 is 2.14 bits per heavy atom. The highest BCUT2D eigenvalue weighted by Crippen LogP contribution is 2.41. The van der Waals surface area contributed by atoms with Gasteiger partial charge in [0.05, 0.1) is 5.69 Å². The summed E-state index contributed by atoms with van der Waals surface area (Å²) in [5.41, 5.74) is 6.67. The first-order valence-corrected chi connectivity index (χ1v) is 8.00. The third-order valence-corrected chi connectivity index (χ3v) is 4.62. The zero-order valence-corrected chi connectivity index (χ0v) is 12.8. The van der Waals surface area contributed by atoms with Crippen molar-refractivity contribution in [3.8, 4) is 5.88 Å². The fourth-order valence-electron chi connectivity index (χ4n) is 1.54. The number of carbonyl (C=O) groups is 1. The van der Waals surface area contributed by atoms with Crippen LogP contribution in [0.25, 0.3) is 10.2 Å². The summed E-state index contributed by atoms with van der Waals surface area (Å²) in [6.45, 7) is 0. The summed E-state index contributed by atoms with van der Waals surface area (Å²) in [5, 5.41) is 0.491. The van der Waals surface area contributed by atoms with E-state index < -0.39 is 23.5 Å². The molecule has 0 bridgehead atoms. The number of alkyl halides is 3. The largest absolute Gasteiger partial charge is 0.479 e. The van der Waals surface area contributed by atoms with E-state index in [-0.39, 0.29) is 16.4 Å². The van der Waals surface area contributed by atoms with E-state index in [1.165, 1.54) is 17.8 Å². The van der Waals surface area contributed by atoms with Gasteiger partial charge in [0, 0.05) is 16.3 Å². The second kappa shape index (κ2) is 5.81. The second-order valence-corrected chi connectivity index (χ2v) is 6.31. The number of amides is 1. The first kappa shape index (κ1) is 16.0. The molecule has 2 aromatic rings. The van der Waals surface area contributed by atoms with Crippen molar-refractivity contribution in [1.29, 1.82) is 0 Å². The molecule has 2 heterocycles. The van der Waals surface area contributed by atoms with Crippen molar-refractivity contribution in [2.75, 3.05) is 12.0 Å². The number of primary amides is 1. The normalized spacial score (nSPS) is 11.8.